The number of hydrogen-bond donors (Lipinski definition) is 8. The van der Waals surface area contributed by atoms with Crippen LogP contribution in [0.3, 0.4) is 0 Å². The summed E-state index contributed by atoms with van der Waals surface area (Å²) in [5, 5.41) is 87.3. The first kappa shape index (κ1) is 35.7. The summed E-state index contributed by atoms with van der Waals surface area (Å²) in [4.78, 5) is 14.4. The fourth-order valence-electron chi connectivity index (χ4n) is 12.3. The van der Waals surface area contributed by atoms with Crippen LogP contribution >= 0.6 is 0 Å². The van der Waals surface area contributed by atoms with Crippen LogP contribution in [0.4, 0.5) is 0 Å². The second kappa shape index (κ2) is 11.2. The van der Waals surface area contributed by atoms with Crippen LogP contribution in [0.25, 0.3) is 0 Å². The molecule has 1 heterocycles. The predicted molar refractivity (Wildman–Crippen MR) is 169 cm³/mol. The van der Waals surface area contributed by atoms with E-state index in [1.54, 1.807) is 0 Å². The number of hydrogen-bond acceptors (Lipinski definition) is 11. The zero-order valence-corrected chi connectivity index (χ0v) is 29.0. The third-order valence-corrected chi connectivity index (χ3v) is 15.2. The van der Waals surface area contributed by atoms with Gasteiger partial charge >= 0.3 is 5.97 Å². The average molecular weight is 667 g/mol. The van der Waals surface area contributed by atoms with Crippen molar-refractivity contribution < 1.29 is 55.1 Å². The first-order valence-electron chi connectivity index (χ1n) is 17.6. The maximum Gasteiger partial charge on any atom is 0.315 e. The van der Waals surface area contributed by atoms with Crippen LogP contribution in [0, 0.1) is 50.2 Å². The van der Waals surface area contributed by atoms with Gasteiger partial charge in [0, 0.05) is 5.92 Å². The minimum Gasteiger partial charge on any atom is -0.432 e. The van der Waals surface area contributed by atoms with Crippen LogP contribution in [0.15, 0.2) is 11.6 Å². The van der Waals surface area contributed by atoms with Gasteiger partial charge in [0.05, 0.1) is 36.4 Å². The van der Waals surface area contributed by atoms with Gasteiger partial charge in [0.15, 0.2) is 0 Å². The Kier molecular flexibility index (Phi) is 8.48. The summed E-state index contributed by atoms with van der Waals surface area (Å²) in [6.45, 7) is 13.8. The van der Waals surface area contributed by atoms with Crippen LogP contribution in [-0.4, -0.2) is 109 Å². The number of aliphatic hydroxyl groups is 8. The minimum atomic E-state index is -1.73. The lowest BCUT2D eigenvalue weighted by molar-refractivity contribution is -0.299. The number of fused-ring (bicyclic) bond motifs is 7. The molecule has 0 aromatic carbocycles. The Labute approximate surface area is 278 Å². The molecule has 0 radical (unpaired) electrons. The summed E-state index contributed by atoms with van der Waals surface area (Å²) < 4.78 is 11.4. The Hall–Kier alpha value is -1.15. The number of ether oxygens (including phenoxy) is 2. The molecule has 1 aliphatic heterocycles. The van der Waals surface area contributed by atoms with E-state index < -0.39 is 106 Å². The van der Waals surface area contributed by atoms with E-state index in [2.05, 4.69) is 26.8 Å². The Morgan fingerprint density at radius 1 is 0.830 bits per heavy atom. The van der Waals surface area contributed by atoms with Gasteiger partial charge in [-0.15, -0.1) is 0 Å². The topological polar surface area (TPSA) is 197 Å². The van der Waals surface area contributed by atoms with Crippen molar-refractivity contribution in [2.75, 3.05) is 6.61 Å². The average Bonchev–Trinajstić information content (AvgIpc) is 2.98. The van der Waals surface area contributed by atoms with E-state index in [9.17, 15) is 45.6 Å². The normalized spacial score (nSPS) is 55.0. The summed E-state index contributed by atoms with van der Waals surface area (Å²) in [6.07, 6.45) is -5.78. The van der Waals surface area contributed by atoms with Crippen LogP contribution in [-0.2, 0) is 14.3 Å². The third-order valence-electron chi connectivity index (χ3n) is 15.2. The largest absolute Gasteiger partial charge is 0.432 e. The standard InChI is InChI=1S/C36H58O11/c1-31(2)10-12-36(30(45)47-29-25(42)24(41)23(40)20(16-37)46-29)13-11-34(6)17(22(36)28(31)44)8-9-21-33(5)14-19(39)27(43)32(3,4)26(33)18(38)15-35(21,34)7/h8,18-29,37-44H,9-16H2,1-7H3/t18-,19-,20-,21-,22-,23-,24+,25-,26+,27+,28+,29+,33-,34-,35-,36+/m1/s1. The molecule has 0 spiro atoms. The fourth-order valence-corrected chi connectivity index (χ4v) is 12.3. The lowest BCUT2D eigenvalue weighted by atomic mass is 9.32. The first-order valence-corrected chi connectivity index (χ1v) is 17.6. The van der Waals surface area contributed by atoms with Gasteiger partial charge in [-0.3, -0.25) is 4.79 Å². The molecule has 16 atom stereocenters. The molecule has 5 fully saturated rings. The highest BCUT2D eigenvalue weighted by Gasteiger charge is 2.73. The number of esters is 1. The summed E-state index contributed by atoms with van der Waals surface area (Å²) in [6, 6.07) is 0. The Balaban J connectivity index is 1.41. The van der Waals surface area contributed by atoms with E-state index >= 15 is 0 Å². The molecule has 47 heavy (non-hydrogen) atoms. The Morgan fingerprint density at radius 2 is 1.47 bits per heavy atom. The minimum absolute atomic E-state index is 0.0564. The third kappa shape index (κ3) is 4.67. The molecular weight excluding hydrogens is 608 g/mol. The highest BCUT2D eigenvalue weighted by molar-refractivity contribution is 5.79. The molecule has 1 saturated heterocycles. The van der Waals surface area contributed by atoms with Gasteiger partial charge in [-0.05, 0) is 83.9 Å². The van der Waals surface area contributed by atoms with Crippen LogP contribution in [0.5, 0.6) is 0 Å². The zero-order valence-electron chi connectivity index (χ0n) is 29.0. The lowest BCUT2D eigenvalue weighted by Gasteiger charge is -2.72. The molecule has 11 nitrogen and oxygen atoms in total. The smallest absolute Gasteiger partial charge is 0.315 e. The molecule has 11 heteroatoms. The lowest BCUT2D eigenvalue weighted by Crippen LogP contribution is -2.71. The van der Waals surface area contributed by atoms with E-state index in [-0.39, 0.29) is 11.8 Å². The Bertz CT molecular complexity index is 1280. The second-order valence-corrected chi connectivity index (χ2v) is 18.2. The number of rotatable bonds is 3. The van der Waals surface area contributed by atoms with Gasteiger partial charge in [-0.1, -0.05) is 60.1 Å². The predicted octanol–water partition coefficient (Wildman–Crippen LogP) is 1.40. The molecule has 0 unspecified atom stereocenters. The number of aliphatic hydroxyl groups excluding tert-OH is 8. The fraction of sp³-hybridized carbons (Fsp3) is 0.917. The molecular formula is C36H58O11. The maximum atomic E-state index is 14.4. The molecule has 268 valence electrons. The molecule has 0 bridgehead atoms. The van der Waals surface area contributed by atoms with Gasteiger partial charge < -0.3 is 50.3 Å². The van der Waals surface area contributed by atoms with Gasteiger partial charge in [-0.25, -0.2) is 0 Å². The van der Waals surface area contributed by atoms with Gasteiger partial charge in [-0.2, -0.15) is 0 Å². The summed E-state index contributed by atoms with van der Waals surface area (Å²) in [5.41, 5.74) is -2.90. The molecule has 0 aromatic heterocycles. The molecule has 0 amide bonds. The van der Waals surface area contributed by atoms with Crippen molar-refractivity contribution >= 4 is 5.97 Å². The quantitative estimate of drug-likeness (QED) is 0.160. The molecule has 6 rings (SSSR count). The van der Waals surface area contributed by atoms with Gasteiger partial charge in [0.2, 0.25) is 6.29 Å². The van der Waals surface area contributed by atoms with Crippen molar-refractivity contribution in [2.24, 2.45) is 50.2 Å². The maximum absolute atomic E-state index is 14.4. The van der Waals surface area contributed by atoms with E-state index in [0.717, 1.165) is 5.57 Å². The van der Waals surface area contributed by atoms with Crippen molar-refractivity contribution in [3.05, 3.63) is 11.6 Å². The SMILES string of the molecule is CC1(C)CC[C@]2(C(=O)O[C@@H]3O[C@H](CO)[C@@H](O)[C@H](O)[C@H]3O)CC[C@]3(C)C(=CC[C@@H]4[C@@]5(C)C[C@@H](O)[C@H](O)C(C)(C)[C@@H]5[C@H](O)C[C@]43C)[C@@H]2[C@@H]1O. The molecule has 4 saturated carbocycles. The van der Waals surface area contributed by atoms with Crippen LogP contribution < -0.4 is 0 Å². The number of carbonyl (C=O) groups is 1. The molecule has 5 aliphatic carbocycles. The van der Waals surface area contributed by atoms with Crippen LogP contribution in [0.1, 0.15) is 93.4 Å². The monoisotopic (exact) mass is 666 g/mol. The highest BCUT2D eigenvalue weighted by Crippen LogP contribution is 2.75. The second-order valence-electron chi connectivity index (χ2n) is 18.2. The first-order chi connectivity index (χ1) is 21.6. The number of carbonyl (C=O) groups excluding carboxylic acids is 1. The van der Waals surface area contributed by atoms with Crippen molar-refractivity contribution in [1.29, 1.82) is 0 Å². The summed E-state index contributed by atoms with van der Waals surface area (Å²) in [7, 11) is 0. The summed E-state index contributed by atoms with van der Waals surface area (Å²) in [5.74, 6) is -1.46. The Morgan fingerprint density at radius 3 is 2.11 bits per heavy atom. The van der Waals surface area contributed by atoms with Gasteiger partial charge in [0.1, 0.15) is 24.4 Å². The van der Waals surface area contributed by atoms with Crippen molar-refractivity contribution in [3.8, 4) is 0 Å². The molecule has 6 aliphatic rings. The zero-order chi connectivity index (χ0) is 34.9. The van der Waals surface area contributed by atoms with Crippen molar-refractivity contribution in [3.63, 3.8) is 0 Å². The highest BCUT2D eigenvalue weighted by atomic mass is 16.7. The molecule has 0 aromatic rings. The van der Waals surface area contributed by atoms with Crippen LogP contribution in [0.2, 0.25) is 0 Å². The van der Waals surface area contributed by atoms with E-state index in [1.807, 2.05) is 27.7 Å². The van der Waals surface area contributed by atoms with E-state index in [0.29, 0.717) is 44.9 Å². The van der Waals surface area contributed by atoms with E-state index in [4.69, 9.17) is 9.47 Å². The summed E-state index contributed by atoms with van der Waals surface area (Å²) >= 11 is 0. The van der Waals surface area contributed by atoms with Crippen molar-refractivity contribution in [1.82, 2.24) is 0 Å². The van der Waals surface area contributed by atoms with E-state index in [1.165, 1.54) is 0 Å². The number of allylic oxidation sites excluding steroid dienone is 1. The molecule has 8 N–H and O–H groups in total. The van der Waals surface area contributed by atoms with Crippen molar-refractivity contribution in [2.45, 2.75) is 149 Å². The van der Waals surface area contributed by atoms with Gasteiger partial charge in [0.25, 0.3) is 0 Å².